The number of hydrogen-bond acceptors (Lipinski definition) is 4. The number of amides is 1. The fourth-order valence-corrected chi connectivity index (χ4v) is 2.73. The Bertz CT molecular complexity index is 648. The molecule has 1 amide bonds. The van der Waals surface area contributed by atoms with Gasteiger partial charge in [-0.15, -0.1) is 10.2 Å². The minimum Gasteiger partial charge on any atom is -0.412 e. The molecule has 1 aromatic carbocycles. The first-order valence-corrected chi connectivity index (χ1v) is 7.63. The molecule has 1 aromatic heterocycles. The van der Waals surface area contributed by atoms with Gasteiger partial charge in [-0.25, -0.2) is 4.39 Å². The van der Waals surface area contributed by atoms with E-state index >= 15 is 0 Å². The van der Waals surface area contributed by atoms with Crippen molar-refractivity contribution in [2.45, 2.75) is 44.6 Å². The van der Waals surface area contributed by atoms with Crippen molar-refractivity contribution >= 4 is 5.91 Å². The van der Waals surface area contributed by atoms with Crippen molar-refractivity contribution < 1.29 is 13.6 Å². The second-order valence-electron chi connectivity index (χ2n) is 5.55. The molecule has 0 radical (unpaired) electrons. The Morgan fingerprint density at radius 1 is 1.14 bits per heavy atom. The van der Waals surface area contributed by atoms with Gasteiger partial charge in [0.05, 0.1) is 5.56 Å². The van der Waals surface area contributed by atoms with Gasteiger partial charge in [-0.3, -0.25) is 4.79 Å². The van der Waals surface area contributed by atoms with Crippen LogP contribution in [-0.2, 0) is 0 Å². The lowest BCUT2D eigenvalue weighted by Crippen LogP contribution is -2.34. The predicted molar refractivity (Wildman–Crippen MR) is 78.6 cm³/mol. The van der Waals surface area contributed by atoms with E-state index in [1.807, 2.05) is 0 Å². The third-order valence-electron chi connectivity index (χ3n) is 3.91. The average molecular weight is 303 g/mol. The number of nitrogens with zero attached hydrogens (tertiary/aromatic N) is 2. The molecule has 1 aliphatic rings. The normalized spacial score (nSPS) is 16.2. The average Bonchev–Trinajstić information content (AvgIpc) is 2.87. The molecule has 6 heteroatoms. The number of rotatable bonds is 3. The second kappa shape index (κ2) is 6.68. The van der Waals surface area contributed by atoms with E-state index in [1.165, 1.54) is 25.0 Å². The first-order valence-electron chi connectivity index (χ1n) is 7.63. The van der Waals surface area contributed by atoms with Crippen LogP contribution < -0.4 is 5.32 Å². The van der Waals surface area contributed by atoms with Gasteiger partial charge in [-0.05, 0) is 25.0 Å². The molecule has 22 heavy (non-hydrogen) atoms. The van der Waals surface area contributed by atoms with Crippen LogP contribution in [0.3, 0.4) is 0 Å². The predicted octanol–water partition coefficient (Wildman–Crippen LogP) is 3.33. The third-order valence-corrected chi connectivity index (χ3v) is 3.91. The highest BCUT2D eigenvalue weighted by molar-refractivity contribution is 5.89. The second-order valence-corrected chi connectivity index (χ2v) is 5.55. The van der Waals surface area contributed by atoms with E-state index in [-0.39, 0.29) is 29.3 Å². The highest BCUT2D eigenvalue weighted by Gasteiger charge is 2.21. The molecule has 0 aliphatic heterocycles. The van der Waals surface area contributed by atoms with Gasteiger partial charge in [0.2, 0.25) is 0 Å². The number of halogens is 1. The zero-order chi connectivity index (χ0) is 15.4. The van der Waals surface area contributed by atoms with Crippen LogP contribution in [0.2, 0.25) is 0 Å². The maximum Gasteiger partial charge on any atom is 0.309 e. The molecule has 1 heterocycles. The SMILES string of the molecule is O=C(NC1CCCCCC1)c1nnc(-c2ccccc2F)o1. The number of benzene rings is 1. The van der Waals surface area contributed by atoms with Gasteiger partial charge in [0.25, 0.3) is 5.89 Å². The summed E-state index contributed by atoms with van der Waals surface area (Å²) in [5.74, 6) is -0.949. The smallest absolute Gasteiger partial charge is 0.309 e. The molecule has 3 rings (SSSR count). The lowest BCUT2D eigenvalue weighted by Gasteiger charge is -2.14. The van der Waals surface area contributed by atoms with E-state index in [0.29, 0.717) is 0 Å². The van der Waals surface area contributed by atoms with Gasteiger partial charge in [0.15, 0.2) is 0 Å². The van der Waals surface area contributed by atoms with Gasteiger partial charge < -0.3 is 9.73 Å². The Kier molecular flexibility index (Phi) is 4.46. The van der Waals surface area contributed by atoms with Crippen LogP contribution in [0.4, 0.5) is 4.39 Å². The van der Waals surface area contributed by atoms with Crippen molar-refractivity contribution in [3.63, 3.8) is 0 Å². The van der Waals surface area contributed by atoms with Crippen LogP contribution >= 0.6 is 0 Å². The number of carbonyl (C=O) groups is 1. The van der Waals surface area contributed by atoms with Gasteiger partial charge in [-0.2, -0.15) is 0 Å². The minimum atomic E-state index is -0.457. The summed E-state index contributed by atoms with van der Waals surface area (Å²) in [6, 6.07) is 6.25. The fourth-order valence-electron chi connectivity index (χ4n) is 2.73. The summed E-state index contributed by atoms with van der Waals surface area (Å²) < 4.78 is 19.0. The third kappa shape index (κ3) is 3.32. The molecule has 0 atom stereocenters. The monoisotopic (exact) mass is 303 g/mol. The van der Waals surface area contributed by atoms with E-state index < -0.39 is 5.82 Å². The molecule has 0 spiro atoms. The first-order chi connectivity index (χ1) is 10.7. The summed E-state index contributed by atoms with van der Waals surface area (Å²) in [4.78, 5) is 12.2. The highest BCUT2D eigenvalue weighted by Crippen LogP contribution is 2.21. The van der Waals surface area contributed by atoms with Crippen molar-refractivity contribution in [1.82, 2.24) is 15.5 Å². The molecule has 5 nitrogen and oxygen atoms in total. The molecule has 0 bridgehead atoms. The molecular weight excluding hydrogens is 285 g/mol. The van der Waals surface area contributed by atoms with Gasteiger partial charge in [-0.1, -0.05) is 37.8 Å². The summed E-state index contributed by atoms with van der Waals surface area (Å²) in [5.41, 5.74) is 0.198. The number of carbonyl (C=O) groups excluding carboxylic acids is 1. The maximum atomic E-state index is 13.7. The van der Waals surface area contributed by atoms with Crippen molar-refractivity contribution in [2.75, 3.05) is 0 Å². The molecule has 116 valence electrons. The zero-order valence-corrected chi connectivity index (χ0v) is 12.2. The van der Waals surface area contributed by atoms with E-state index in [0.717, 1.165) is 25.7 Å². The van der Waals surface area contributed by atoms with Crippen molar-refractivity contribution in [3.8, 4) is 11.5 Å². The molecule has 1 N–H and O–H groups in total. The first kappa shape index (κ1) is 14.7. The largest absolute Gasteiger partial charge is 0.412 e. The van der Waals surface area contributed by atoms with E-state index in [9.17, 15) is 9.18 Å². The van der Waals surface area contributed by atoms with Gasteiger partial charge in [0, 0.05) is 6.04 Å². The molecule has 0 saturated heterocycles. The van der Waals surface area contributed by atoms with Gasteiger partial charge in [0.1, 0.15) is 5.82 Å². The Morgan fingerprint density at radius 3 is 2.59 bits per heavy atom. The van der Waals surface area contributed by atoms with Crippen LogP contribution in [-0.4, -0.2) is 22.1 Å². The lowest BCUT2D eigenvalue weighted by molar-refractivity contribution is 0.0899. The van der Waals surface area contributed by atoms with E-state index in [4.69, 9.17) is 4.42 Å². The molecule has 1 fully saturated rings. The summed E-state index contributed by atoms with van der Waals surface area (Å²) in [5, 5.41) is 10.4. The summed E-state index contributed by atoms with van der Waals surface area (Å²) in [7, 11) is 0. The summed E-state index contributed by atoms with van der Waals surface area (Å²) >= 11 is 0. The Balaban J connectivity index is 1.70. The number of nitrogens with one attached hydrogen (secondary N) is 1. The standard InChI is InChI=1S/C16H18FN3O2/c17-13-10-6-5-9-12(13)15-19-20-16(22-15)14(21)18-11-7-3-1-2-4-8-11/h5-6,9-11H,1-4,7-8H2,(H,18,21). The van der Waals surface area contributed by atoms with Crippen LogP contribution in [0.25, 0.3) is 11.5 Å². The van der Waals surface area contributed by atoms with Gasteiger partial charge >= 0.3 is 11.8 Å². The molecular formula is C16H18FN3O2. The quantitative estimate of drug-likeness (QED) is 0.883. The molecule has 2 aromatic rings. The summed E-state index contributed by atoms with van der Waals surface area (Å²) in [6.07, 6.45) is 6.61. The van der Waals surface area contributed by atoms with Crippen molar-refractivity contribution in [1.29, 1.82) is 0 Å². The van der Waals surface area contributed by atoms with Crippen molar-refractivity contribution in [3.05, 3.63) is 36.0 Å². The van der Waals surface area contributed by atoms with E-state index in [2.05, 4.69) is 15.5 Å². The number of aromatic nitrogens is 2. The van der Waals surface area contributed by atoms with Crippen LogP contribution in [0.1, 0.15) is 49.2 Å². The molecule has 0 unspecified atom stereocenters. The number of hydrogen-bond donors (Lipinski definition) is 1. The highest BCUT2D eigenvalue weighted by atomic mass is 19.1. The zero-order valence-electron chi connectivity index (χ0n) is 12.2. The van der Waals surface area contributed by atoms with E-state index in [1.54, 1.807) is 12.1 Å². The topological polar surface area (TPSA) is 68.0 Å². The lowest BCUT2D eigenvalue weighted by atomic mass is 10.1. The fraction of sp³-hybridized carbons (Fsp3) is 0.438. The Labute approximate surface area is 127 Å². The maximum absolute atomic E-state index is 13.7. The Hall–Kier alpha value is -2.24. The molecule has 1 aliphatic carbocycles. The summed E-state index contributed by atoms with van der Waals surface area (Å²) in [6.45, 7) is 0. The van der Waals surface area contributed by atoms with Crippen LogP contribution in [0.15, 0.2) is 28.7 Å². The molecule has 1 saturated carbocycles. The Morgan fingerprint density at radius 2 is 1.86 bits per heavy atom. The van der Waals surface area contributed by atoms with Crippen LogP contribution in [0, 0.1) is 5.82 Å². The minimum absolute atomic E-state index is 0.0177. The van der Waals surface area contributed by atoms with Crippen molar-refractivity contribution in [2.24, 2.45) is 0 Å². The van der Waals surface area contributed by atoms with Crippen LogP contribution in [0.5, 0.6) is 0 Å².